The van der Waals surface area contributed by atoms with Gasteiger partial charge in [-0.2, -0.15) is 4.98 Å². The van der Waals surface area contributed by atoms with Crippen LogP contribution in [0.1, 0.15) is 32.6 Å². The summed E-state index contributed by atoms with van der Waals surface area (Å²) in [6, 6.07) is 0. The smallest absolute Gasteiger partial charge is 0.313 e. The van der Waals surface area contributed by atoms with E-state index in [0.717, 1.165) is 30.2 Å². The number of anilines is 2. The number of hydrogen-bond donors (Lipinski definition) is 2. The van der Waals surface area contributed by atoms with Gasteiger partial charge in [0.15, 0.2) is 0 Å². The zero-order valence-corrected chi connectivity index (χ0v) is 14.0. The zero-order chi connectivity index (χ0) is 15.3. The molecule has 0 unspecified atom stereocenters. The maximum atomic E-state index is 12.2. The summed E-state index contributed by atoms with van der Waals surface area (Å²) >= 11 is 3.37. The molecule has 0 radical (unpaired) electrons. The third kappa shape index (κ3) is 3.64. The van der Waals surface area contributed by atoms with Crippen molar-refractivity contribution in [2.75, 3.05) is 30.8 Å². The summed E-state index contributed by atoms with van der Waals surface area (Å²) in [6.07, 6.45) is 5.52. The van der Waals surface area contributed by atoms with E-state index in [2.05, 4.69) is 36.5 Å². The molecule has 0 atom stereocenters. The van der Waals surface area contributed by atoms with Crippen molar-refractivity contribution in [1.29, 1.82) is 0 Å². The fraction of sp³-hybridized carbons (Fsp3) is 0.643. The van der Waals surface area contributed by atoms with E-state index >= 15 is 0 Å². The Balaban J connectivity index is 2.07. The van der Waals surface area contributed by atoms with Crippen LogP contribution in [0.5, 0.6) is 0 Å². The quantitative estimate of drug-likeness (QED) is 0.763. The van der Waals surface area contributed by atoms with Crippen LogP contribution in [-0.4, -0.2) is 36.1 Å². The Kier molecular flexibility index (Phi) is 5.39. The van der Waals surface area contributed by atoms with Crippen molar-refractivity contribution in [3.63, 3.8) is 0 Å². The average molecular weight is 357 g/mol. The number of esters is 1. The van der Waals surface area contributed by atoms with Crippen LogP contribution in [0.4, 0.5) is 11.8 Å². The molecule has 1 saturated carbocycles. The molecule has 0 aliphatic heterocycles. The lowest BCUT2D eigenvalue weighted by Crippen LogP contribution is -2.37. The molecule has 1 heterocycles. The van der Waals surface area contributed by atoms with Crippen LogP contribution in [0.3, 0.4) is 0 Å². The van der Waals surface area contributed by atoms with Crippen molar-refractivity contribution in [2.45, 2.75) is 32.6 Å². The Labute approximate surface area is 133 Å². The molecular weight excluding hydrogens is 336 g/mol. The Morgan fingerprint density at radius 3 is 2.81 bits per heavy atom. The van der Waals surface area contributed by atoms with Crippen molar-refractivity contribution in [3.8, 4) is 0 Å². The molecule has 1 fully saturated rings. The maximum Gasteiger partial charge on any atom is 0.313 e. The predicted molar refractivity (Wildman–Crippen MR) is 85.3 cm³/mol. The molecule has 0 spiro atoms. The van der Waals surface area contributed by atoms with E-state index in [-0.39, 0.29) is 5.97 Å². The minimum absolute atomic E-state index is 0.110. The van der Waals surface area contributed by atoms with Crippen LogP contribution in [0.2, 0.25) is 0 Å². The van der Waals surface area contributed by atoms with Crippen LogP contribution < -0.4 is 10.6 Å². The third-order valence-electron chi connectivity index (χ3n) is 3.83. The molecule has 7 heteroatoms. The summed E-state index contributed by atoms with van der Waals surface area (Å²) in [6.45, 7) is 2.76. The van der Waals surface area contributed by atoms with E-state index in [9.17, 15) is 4.79 Å². The topological polar surface area (TPSA) is 76.1 Å². The first kappa shape index (κ1) is 16.0. The normalized spacial score (nSPS) is 16.5. The first-order chi connectivity index (χ1) is 10.1. The summed E-state index contributed by atoms with van der Waals surface area (Å²) in [5.74, 6) is 1.11. The third-order valence-corrected chi connectivity index (χ3v) is 4.42. The van der Waals surface area contributed by atoms with E-state index in [4.69, 9.17) is 4.74 Å². The summed E-state index contributed by atoms with van der Waals surface area (Å²) < 4.78 is 6.04. The second-order valence-electron chi connectivity index (χ2n) is 5.20. The molecule has 0 amide bonds. The minimum Gasteiger partial charge on any atom is -0.466 e. The van der Waals surface area contributed by atoms with E-state index < -0.39 is 5.41 Å². The highest BCUT2D eigenvalue weighted by atomic mass is 79.9. The first-order valence-corrected chi connectivity index (χ1v) is 8.02. The van der Waals surface area contributed by atoms with Crippen LogP contribution in [0, 0.1) is 5.41 Å². The van der Waals surface area contributed by atoms with Gasteiger partial charge in [-0.1, -0.05) is 12.8 Å². The Morgan fingerprint density at radius 1 is 1.48 bits per heavy atom. The predicted octanol–water partition coefficient (Wildman–Crippen LogP) is 2.82. The monoisotopic (exact) mass is 356 g/mol. The number of aromatic nitrogens is 2. The Hall–Kier alpha value is -1.37. The van der Waals surface area contributed by atoms with Gasteiger partial charge in [0.1, 0.15) is 5.82 Å². The summed E-state index contributed by atoms with van der Waals surface area (Å²) in [5, 5.41) is 6.17. The standard InChI is InChI=1S/C14H21BrN4O2/c1-3-21-12(20)14(6-4-5-7-14)9-18-13-17-8-10(15)11(16-2)19-13/h8H,3-7,9H2,1-2H3,(H2,16,17,18,19). The molecule has 21 heavy (non-hydrogen) atoms. The van der Waals surface area contributed by atoms with Crippen molar-refractivity contribution in [1.82, 2.24) is 9.97 Å². The second kappa shape index (κ2) is 7.06. The van der Waals surface area contributed by atoms with Gasteiger partial charge in [0.2, 0.25) is 5.95 Å². The summed E-state index contributed by atoms with van der Waals surface area (Å²) in [4.78, 5) is 20.8. The van der Waals surface area contributed by atoms with Gasteiger partial charge in [0.05, 0.1) is 16.5 Å². The van der Waals surface area contributed by atoms with Crippen molar-refractivity contribution >= 4 is 33.7 Å². The lowest BCUT2D eigenvalue weighted by molar-refractivity contribution is -0.154. The summed E-state index contributed by atoms with van der Waals surface area (Å²) in [5.41, 5.74) is -0.438. The van der Waals surface area contributed by atoms with Gasteiger partial charge in [0, 0.05) is 19.8 Å². The van der Waals surface area contributed by atoms with Gasteiger partial charge >= 0.3 is 5.97 Å². The van der Waals surface area contributed by atoms with Gasteiger partial charge < -0.3 is 15.4 Å². The highest BCUT2D eigenvalue weighted by Crippen LogP contribution is 2.39. The number of carbonyl (C=O) groups is 1. The Morgan fingerprint density at radius 2 is 2.19 bits per heavy atom. The highest BCUT2D eigenvalue weighted by molar-refractivity contribution is 9.10. The molecule has 0 bridgehead atoms. The highest BCUT2D eigenvalue weighted by Gasteiger charge is 2.42. The number of ether oxygens (including phenoxy) is 1. The number of halogens is 1. The van der Waals surface area contributed by atoms with Gasteiger partial charge in [-0.05, 0) is 35.7 Å². The Bertz CT molecular complexity index is 504. The largest absolute Gasteiger partial charge is 0.466 e. The fourth-order valence-corrected chi connectivity index (χ4v) is 3.05. The molecular formula is C14H21BrN4O2. The number of nitrogens with zero attached hydrogens (tertiary/aromatic N) is 2. The van der Waals surface area contributed by atoms with Crippen LogP contribution in [0.15, 0.2) is 10.7 Å². The van der Waals surface area contributed by atoms with E-state index in [1.54, 1.807) is 13.2 Å². The second-order valence-corrected chi connectivity index (χ2v) is 6.06. The lowest BCUT2D eigenvalue weighted by atomic mass is 9.86. The molecule has 0 aromatic carbocycles. The van der Waals surface area contributed by atoms with Gasteiger partial charge in [-0.3, -0.25) is 4.79 Å². The fourth-order valence-electron chi connectivity index (χ4n) is 2.66. The number of hydrogen-bond acceptors (Lipinski definition) is 6. The zero-order valence-electron chi connectivity index (χ0n) is 12.4. The molecule has 116 valence electrons. The first-order valence-electron chi connectivity index (χ1n) is 7.22. The SMILES string of the molecule is CCOC(=O)C1(CNc2ncc(Br)c(NC)n2)CCCC1. The molecule has 1 aliphatic rings. The van der Waals surface area contributed by atoms with Crippen molar-refractivity contribution < 1.29 is 9.53 Å². The number of rotatable bonds is 6. The number of carbonyl (C=O) groups excluding carboxylic acids is 1. The maximum absolute atomic E-state index is 12.2. The van der Waals surface area contributed by atoms with Crippen molar-refractivity contribution in [2.24, 2.45) is 5.41 Å². The van der Waals surface area contributed by atoms with E-state index in [0.29, 0.717) is 24.9 Å². The van der Waals surface area contributed by atoms with Crippen molar-refractivity contribution in [3.05, 3.63) is 10.7 Å². The number of nitrogens with one attached hydrogen (secondary N) is 2. The summed E-state index contributed by atoms with van der Waals surface area (Å²) in [7, 11) is 1.80. The van der Waals surface area contributed by atoms with Gasteiger partial charge in [-0.15, -0.1) is 0 Å². The van der Waals surface area contributed by atoms with E-state index in [1.165, 1.54) is 0 Å². The minimum atomic E-state index is -0.438. The van der Waals surface area contributed by atoms with E-state index in [1.807, 2.05) is 6.92 Å². The average Bonchev–Trinajstić information content (AvgIpc) is 2.97. The molecule has 0 saturated heterocycles. The lowest BCUT2D eigenvalue weighted by Gasteiger charge is -2.26. The van der Waals surface area contributed by atoms with Crippen LogP contribution in [0.25, 0.3) is 0 Å². The molecule has 2 rings (SSSR count). The molecule has 6 nitrogen and oxygen atoms in total. The molecule has 1 aromatic heterocycles. The van der Waals surface area contributed by atoms with Gasteiger partial charge in [0.25, 0.3) is 0 Å². The van der Waals surface area contributed by atoms with Gasteiger partial charge in [-0.25, -0.2) is 4.98 Å². The molecule has 1 aromatic rings. The molecule has 1 aliphatic carbocycles. The van der Waals surface area contributed by atoms with Crippen LogP contribution in [-0.2, 0) is 9.53 Å². The van der Waals surface area contributed by atoms with Crippen LogP contribution >= 0.6 is 15.9 Å². The molecule has 2 N–H and O–H groups in total.